The molecular weight excluding hydrogens is 433 g/mol. The Morgan fingerprint density at radius 1 is 1.25 bits per heavy atom. The van der Waals surface area contributed by atoms with Crippen molar-refractivity contribution in [2.24, 2.45) is 0 Å². The number of rotatable bonds is 4. The number of ether oxygens (including phenoxy) is 1. The van der Waals surface area contributed by atoms with Gasteiger partial charge in [-0.1, -0.05) is 15.9 Å². The number of nitrogens with one attached hydrogen (secondary N) is 1. The number of carbonyl (C=O) groups is 1. The fourth-order valence-electron chi connectivity index (χ4n) is 1.65. The highest BCUT2D eigenvalue weighted by atomic mass is 127. The van der Waals surface area contributed by atoms with E-state index in [1.54, 1.807) is 0 Å². The van der Waals surface area contributed by atoms with Crippen LogP contribution in [-0.2, 0) is 4.79 Å². The lowest BCUT2D eigenvalue weighted by atomic mass is 10.2. The van der Waals surface area contributed by atoms with Crippen molar-refractivity contribution in [1.29, 1.82) is 0 Å². The fourth-order valence-corrected chi connectivity index (χ4v) is 2.48. The summed E-state index contributed by atoms with van der Waals surface area (Å²) < 4.78 is 7.63. The maximum atomic E-state index is 11.8. The Bertz CT molecular complexity index is 614. The van der Waals surface area contributed by atoms with Crippen molar-refractivity contribution in [2.75, 3.05) is 11.9 Å². The van der Waals surface area contributed by atoms with Crippen LogP contribution >= 0.6 is 38.5 Å². The number of carbonyl (C=O) groups excluding carboxylic acids is 1. The number of hydrogen-bond acceptors (Lipinski definition) is 2. The zero-order chi connectivity index (χ0) is 14.5. The Morgan fingerprint density at radius 2 is 1.95 bits per heavy atom. The van der Waals surface area contributed by atoms with Gasteiger partial charge in [0.2, 0.25) is 0 Å². The normalized spacial score (nSPS) is 10.2. The minimum Gasteiger partial charge on any atom is -0.483 e. The summed E-state index contributed by atoms with van der Waals surface area (Å²) in [4.78, 5) is 11.8. The van der Waals surface area contributed by atoms with Gasteiger partial charge in [0.1, 0.15) is 5.75 Å². The molecule has 0 aliphatic carbocycles. The van der Waals surface area contributed by atoms with Crippen LogP contribution in [0.1, 0.15) is 5.56 Å². The molecule has 0 atom stereocenters. The lowest BCUT2D eigenvalue weighted by Gasteiger charge is -2.10. The van der Waals surface area contributed by atoms with E-state index in [9.17, 15) is 4.79 Å². The molecule has 0 spiro atoms. The van der Waals surface area contributed by atoms with Gasteiger partial charge in [-0.25, -0.2) is 0 Å². The van der Waals surface area contributed by atoms with Crippen LogP contribution in [0.2, 0.25) is 0 Å². The van der Waals surface area contributed by atoms with E-state index in [4.69, 9.17) is 4.74 Å². The molecule has 2 aromatic carbocycles. The van der Waals surface area contributed by atoms with Crippen LogP contribution < -0.4 is 10.1 Å². The van der Waals surface area contributed by atoms with E-state index in [1.165, 1.54) is 0 Å². The van der Waals surface area contributed by atoms with Crippen LogP contribution in [0.5, 0.6) is 5.75 Å². The van der Waals surface area contributed by atoms with Crippen LogP contribution in [0.3, 0.4) is 0 Å². The summed E-state index contributed by atoms with van der Waals surface area (Å²) in [6, 6.07) is 13.3. The predicted molar refractivity (Wildman–Crippen MR) is 92.2 cm³/mol. The van der Waals surface area contributed by atoms with Gasteiger partial charge in [0.25, 0.3) is 5.91 Å². The van der Waals surface area contributed by atoms with Crippen LogP contribution in [0.25, 0.3) is 0 Å². The molecule has 0 saturated heterocycles. The molecule has 3 nitrogen and oxygen atoms in total. The van der Waals surface area contributed by atoms with Gasteiger partial charge in [0.05, 0.1) is 0 Å². The van der Waals surface area contributed by atoms with Gasteiger partial charge < -0.3 is 10.1 Å². The first kappa shape index (κ1) is 15.3. The van der Waals surface area contributed by atoms with Crippen molar-refractivity contribution < 1.29 is 9.53 Å². The number of anilines is 1. The number of hydrogen-bond donors (Lipinski definition) is 1. The lowest BCUT2D eigenvalue weighted by molar-refractivity contribution is -0.118. The minimum atomic E-state index is -0.173. The highest BCUT2D eigenvalue weighted by Crippen LogP contribution is 2.22. The third-order valence-corrected chi connectivity index (χ3v) is 3.84. The summed E-state index contributed by atoms with van der Waals surface area (Å²) >= 11 is 5.61. The van der Waals surface area contributed by atoms with Crippen LogP contribution in [0.15, 0.2) is 46.9 Å². The minimum absolute atomic E-state index is 0.00550. The number of benzene rings is 2. The Labute approximate surface area is 140 Å². The molecular formula is C15H13BrINO2. The van der Waals surface area contributed by atoms with Gasteiger partial charge in [0.15, 0.2) is 6.61 Å². The summed E-state index contributed by atoms with van der Waals surface area (Å²) in [6.45, 7) is 1.94. The summed E-state index contributed by atoms with van der Waals surface area (Å²) in [5, 5.41) is 2.79. The van der Waals surface area contributed by atoms with E-state index >= 15 is 0 Å². The summed E-state index contributed by atoms with van der Waals surface area (Å²) in [7, 11) is 0. The first-order valence-electron chi connectivity index (χ1n) is 5.99. The molecule has 0 heterocycles. The smallest absolute Gasteiger partial charge is 0.262 e. The van der Waals surface area contributed by atoms with Gasteiger partial charge in [0, 0.05) is 13.7 Å². The zero-order valence-corrected chi connectivity index (χ0v) is 14.6. The highest BCUT2D eigenvalue weighted by Gasteiger charge is 2.05. The van der Waals surface area contributed by atoms with Gasteiger partial charge in [-0.2, -0.15) is 0 Å². The molecule has 20 heavy (non-hydrogen) atoms. The van der Waals surface area contributed by atoms with Crippen LogP contribution in [0, 0.1) is 10.5 Å². The molecule has 0 aliphatic rings. The van der Waals surface area contributed by atoms with E-state index in [2.05, 4.69) is 43.8 Å². The van der Waals surface area contributed by atoms with Crippen molar-refractivity contribution in [3.63, 3.8) is 0 Å². The number of amides is 1. The second-order valence-corrected chi connectivity index (χ2v) is 6.41. The number of aryl methyl sites for hydroxylation is 1. The average Bonchev–Trinajstić information content (AvgIpc) is 2.40. The third-order valence-electron chi connectivity index (χ3n) is 2.62. The Balaban J connectivity index is 1.90. The van der Waals surface area contributed by atoms with E-state index in [1.807, 2.05) is 49.4 Å². The van der Waals surface area contributed by atoms with Crippen molar-refractivity contribution >= 4 is 50.1 Å². The molecule has 1 amide bonds. The molecule has 2 aromatic rings. The van der Waals surface area contributed by atoms with E-state index < -0.39 is 0 Å². The maximum Gasteiger partial charge on any atom is 0.262 e. The van der Waals surface area contributed by atoms with E-state index in [-0.39, 0.29) is 12.5 Å². The molecule has 2 rings (SSSR count). The molecule has 0 saturated carbocycles. The van der Waals surface area contributed by atoms with E-state index in [0.29, 0.717) is 5.75 Å². The quantitative estimate of drug-likeness (QED) is 0.709. The SMILES string of the molecule is Cc1cc(Br)ccc1OCC(=O)Nc1ccc(I)cc1. The molecule has 0 fully saturated rings. The molecule has 0 radical (unpaired) electrons. The first-order chi connectivity index (χ1) is 9.54. The first-order valence-corrected chi connectivity index (χ1v) is 7.86. The van der Waals surface area contributed by atoms with Crippen molar-refractivity contribution in [3.05, 3.63) is 56.1 Å². The number of halogens is 2. The molecule has 0 bridgehead atoms. The lowest BCUT2D eigenvalue weighted by Crippen LogP contribution is -2.20. The van der Waals surface area contributed by atoms with Gasteiger partial charge in [-0.15, -0.1) is 0 Å². The highest BCUT2D eigenvalue weighted by molar-refractivity contribution is 14.1. The van der Waals surface area contributed by atoms with Gasteiger partial charge >= 0.3 is 0 Å². The standard InChI is InChI=1S/C15H13BrINO2/c1-10-8-11(16)2-7-14(10)20-9-15(19)18-13-5-3-12(17)4-6-13/h2-8H,9H2,1H3,(H,18,19). The molecule has 0 unspecified atom stereocenters. The molecule has 5 heteroatoms. The summed E-state index contributed by atoms with van der Waals surface area (Å²) in [5.74, 6) is 0.541. The second-order valence-electron chi connectivity index (χ2n) is 4.25. The van der Waals surface area contributed by atoms with Crippen molar-refractivity contribution in [1.82, 2.24) is 0 Å². The van der Waals surface area contributed by atoms with Crippen LogP contribution in [0.4, 0.5) is 5.69 Å². The molecule has 0 aromatic heterocycles. The zero-order valence-electron chi connectivity index (χ0n) is 10.8. The largest absolute Gasteiger partial charge is 0.483 e. The Hall–Kier alpha value is -1.08. The molecule has 104 valence electrons. The fraction of sp³-hybridized carbons (Fsp3) is 0.133. The third kappa shape index (κ3) is 4.49. The van der Waals surface area contributed by atoms with Gasteiger partial charge in [-0.3, -0.25) is 4.79 Å². The average molecular weight is 446 g/mol. The topological polar surface area (TPSA) is 38.3 Å². The maximum absolute atomic E-state index is 11.8. The van der Waals surface area contributed by atoms with Crippen molar-refractivity contribution in [2.45, 2.75) is 6.92 Å². The predicted octanol–water partition coefficient (Wildman–Crippen LogP) is 4.38. The van der Waals surface area contributed by atoms with Crippen LogP contribution in [-0.4, -0.2) is 12.5 Å². The van der Waals surface area contributed by atoms with E-state index in [0.717, 1.165) is 19.3 Å². The summed E-state index contributed by atoms with van der Waals surface area (Å²) in [5.41, 5.74) is 1.76. The Morgan fingerprint density at radius 3 is 2.60 bits per heavy atom. The van der Waals surface area contributed by atoms with Crippen molar-refractivity contribution in [3.8, 4) is 5.75 Å². The Kier molecular flexibility index (Phi) is 5.42. The molecule has 1 N–H and O–H groups in total. The van der Waals surface area contributed by atoms with Gasteiger partial charge in [-0.05, 0) is 77.5 Å². The second kappa shape index (κ2) is 7.08. The summed E-state index contributed by atoms with van der Waals surface area (Å²) in [6.07, 6.45) is 0. The molecule has 0 aliphatic heterocycles. The monoisotopic (exact) mass is 445 g/mol.